The number of methoxy groups -OCH3 is 1. The number of hydrogen-bond donors (Lipinski definition) is 0. The van der Waals surface area contributed by atoms with E-state index in [-0.39, 0.29) is 26.4 Å². The Labute approximate surface area is 287 Å². The van der Waals surface area contributed by atoms with Crippen LogP contribution in [-0.2, 0) is 17.5 Å². The highest BCUT2D eigenvalue weighted by Gasteiger charge is 2.31. The van der Waals surface area contributed by atoms with Gasteiger partial charge in [0.25, 0.3) is 5.91 Å². The minimum atomic E-state index is -4.56. The first-order valence-electron chi connectivity index (χ1n) is 14.4. The number of amides is 1. The Kier molecular flexibility index (Phi) is 9.07. The number of nitrogens with zero attached hydrogens (tertiary/aromatic N) is 2. The predicted molar refractivity (Wildman–Crippen MR) is 180 cm³/mol. The fourth-order valence-electron chi connectivity index (χ4n) is 4.81. The molecule has 2 aromatic carbocycles. The van der Waals surface area contributed by atoms with Crippen LogP contribution in [-0.4, -0.2) is 39.1 Å². The Hall–Kier alpha value is -5.74. The molecular weight excluding hydrogens is 702 g/mol. The van der Waals surface area contributed by atoms with Crippen LogP contribution in [0.1, 0.15) is 42.2 Å². The number of ether oxygens (including phenoxy) is 2. The van der Waals surface area contributed by atoms with Crippen molar-refractivity contribution < 1.29 is 45.9 Å². The van der Waals surface area contributed by atoms with E-state index in [9.17, 15) is 37.1 Å². The number of carbonyl (C=O) groups excluding carboxylic acids is 3. The summed E-state index contributed by atoms with van der Waals surface area (Å²) in [7, 11) is 4.79. The smallest absolute Gasteiger partial charge is 0.416 e. The number of halogens is 3. The summed E-state index contributed by atoms with van der Waals surface area (Å²) >= 11 is 2.17. The number of alkyl halides is 3. The van der Waals surface area contributed by atoms with E-state index in [4.69, 9.17) is 18.3 Å². The molecule has 0 N–H and O–H groups in total. The minimum absolute atomic E-state index is 0.00139. The number of rotatable bonds is 8. The SMILES string of the molecule is COc1ccc(CN(C)c2cc3oc(=O)c(C(=O)OC(=O)c4cc5sc(N(C)C(=O)c6ccc(C(F)(F)F)cc6)cc5oc4=O)cc3s2)cc1. The van der Waals surface area contributed by atoms with Gasteiger partial charge in [-0.2, -0.15) is 13.2 Å². The summed E-state index contributed by atoms with van der Waals surface area (Å²) in [5, 5.41) is 0.971. The van der Waals surface area contributed by atoms with Gasteiger partial charge in [0, 0.05) is 38.3 Å². The zero-order chi connectivity index (χ0) is 35.9. The lowest BCUT2D eigenvalue weighted by atomic mass is 10.1. The Morgan fingerprint density at radius 3 is 1.80 bits per heavy atom. The quantitative estimate of drug-likeness (QED) is 0.120. The van der Waals surface area contributed by atoms with Gasteiger partial charge in [0.1, 0.15) is 21.9 Å². The first-order valence-corrected chi connectivity index (χ1v) is 16.1. The molecular formula is C34H23F3N2O9S2. The fourth-order valence-corrected chi connectivity index (χ4v) is 6.79. The van der Waals surface area contributed by atoms with E-state index in [1.165, 1.54) is 30.5 Å². The maximum absolute atomic E-state index is 12.9. The molecule has 0 radical (unpaired) electrons. The molecule has 256 valence electrons. The lowest BCUT2D eigenvalue weighted by Crippen LogP contribution is -2.25. The Morgan fingerprint density at radius 1 is 0.760 bits per heavy atom. The summed E-state index contributed by atoms with van der Waals surface area (Å²) in [4.78, 5) is 67.2. The van der Waals surface area contributed by atoms with Gasteiger partial charge in [-0.15, -0.1) is 22.7 Å². The number of fused-ring (bicyclic) bond motifs is 2. The Morgan fingerprint density at radius 2 is 1.28 bits per heavy atom. The minimum Gasteiger partial charge on any atom is -0.497 e. The summed E-state index contributed by atoms with van der Waals surface area (Å²) in [6.45, 7) is 0.523. The van der Waals surface area contributed by atoms with Crippen LogP contribution in [0, 0.1) is 0 Å². The van der Waals surface area contributed by atoms with E-state index in [1.807, 2.05) is 36.2 Å². The summed E-state index contributed by atoms with van der Waals surface area (Å²) in [5.74, 6) is -2.66. The highest BCUT2D eigenvalue weighted by atomic mass is 32.1. The monoisotopic (exact) mass is 724 g/mol. The Balaban J connectivity index is 1.17. The molecule has 4 heterocycles. The van der Waals surface area contributed by atoms with Crippen molar-refractivity contribution >= 4 is 71.1 Å². The zero-order valence-electron chi connectivity index (χ0n) is 26.2. The lowest BCUT2D eigenvalue weighted by molar-refractivity contribution is -0.137. The van der Waals surface area contributed by atoms with Crippen LogP contribution < -0.4 is 25.8 Å². The van der Waals surface area contributed by atoms with Crippen molar-refractivity contribution in [1.29, 1.82) is 0 Å². The van der Waals surface area contributed by atoms with Gasteiger partial charge in [-0.25, -0.2) is 19.2 Å². The van der Waals surface area contributed by atoms with E-state index in [0.29, 0.717) is 11.2 Å². The molecule has 0 aliphatic heterocycles. The van der Waals surface area contributed by atoms with Crippen LogP contribution in [0.15, 0.2) is 91.2 Å². The van der Waals surface area contributed by atoms with E-state index in [2.05, 4.69) is 0 Å². The number of benzene rings is 2. The summed E-state index contributed by atoms with van der Waals surface area (Å²) < 4.78 is 60.0. The standard InChI is InChI=1S/C34H23F3N2O9S2/c1-38(16-17-4-10-20(45-3)11-5-17)27-14-23-25(49-27)12-21(30(41)46-23)32(43)48-33(44)22-13-26-24(47-31(22)42)15-28(50-26)39(2)29(40)18-6-8-19(9-7-18)34(35,36)37/h4-15H,16H2,1-3H3. The number of anilines is 2. The normalized spacial score (nSPS) is 11.5. The van der Waals surface area contributed by atoms with E-state index >= 15 is 0 Å². The topological polar surface area (TPSA) is 137 Å². The molecule has 0 fully saturated rings. The average Bonchev–Trinajstić information content (AvgIpc) is 3.70. The molecule has 0 saturated carbocycles. The van der Waals surface area contributed by atoms with Gasteiger partial charge in [0.15, 0.2) is 11.2 Å². The second kappa shape index (κ2) is 13.3. The molecule has 0 aliphatic carbocycles. The van der Waals surface area contributed by atoms with Gasteiger partial charge >= 0.3 is 29.4 Å². The van der Waals surface area contributed by atoms with E-state index in [1.54, 1.807) is 13.2 Å². The summed E-state index contributed by atoms with van der Waals surface area (Å²) in [6, 6.07) is 16.5. The van der Waals surface area contributed by atoms with Crippen LogP contribution in [0.5, 0.6) is 5.75 Å². The molecule has 6 rings (SSSR count). The van der Waals surface area contributed by atoms with Crippen LogP contribution in [0.25, 0.3) is 20.6 Å². The van der Waals surface area contributed by atoms with Gasteiger partial charge in [0.05, 0.1) is 27.1 Å². The first kappa shape index (κ1) is 34.1. The fraction of sp³-hybridized carbons (Fsp3) is 0.147. The third kappa shape index (κ3) is 6.88. The number of thiophene rings is 2. The molecule has 6 aromatic rings. The highest BCUT2D eigenvalue weighted by Crippen LogP contribution is 2.35. The van der Waals surface area contributed by atoms with Crippen molar-refractivity contribution in [3.05, 3.63) is 121 Å². The van der Waals surface area contributed by atoms with E-state index < -0.39 is 52.0 Å². The van der Waals surface area contributed by atoms with Crippen LogP contribution >= 0.6 is 22.7 Å². The van der Waals surface area contributed by atoms with E-state index in [0.717, 1.165) is 62.9 Å². The average molecular weight is 725 g/mol. The molecule has 16 heteroatoms. The van der Waals surface area contributed by atoms with Crippen molar-refractivity contribution in [2.45, 2.75) is 12.7 Å². The zero-order valence-corrected chi connectivity index (χ0v) is 27.8. The number of esters is 2. The molecule has 11 nitrogen and oxygen atoms in total. The van der Waals surface area contributed by atoms with Crippen molar-refractivity contribution in [3.63, 3.8) is 0 Å². The van der Waals surface area contributed by atoms with Crippen molar-refractivity contribution in [1.82, 2.24) is 0 Å². The largest absolute Gasteiger partial charge is 0.497 e. The van der Waals surface area contributed by atoms with Gasteiger partial charge in [-0.3, -0.25) is 4.79 Å². The van der Waals surface area contributed by atoms with Crippen LogP contribution in [0.2, 0.25) is 0 Å². The molecule has 1 amide bonds. The Bertz CT molecular complexity index is 2390. The maximum Gasteiger partial charge on any atom is 0.416 e. The molecule has 0 spiro atoms. The lowest BCUT2D eigenvalue weighted by Gasteiger charge is -2.16. The molecule has 0 bridgehead atoms. The second-order valence-corrected chi connectivity index (χ2v) is 13.0. The number of carbonyl (C=O) groups is 3. The maximum atomic E-state index is 12.9. The molecule has 0 unspecified atom stereocenters. The van der Waals surface area contributed by atoms with Gasteiger partial charge in [-0.05, 0) is 54.1 Å². The van der Waals surface area contributed by atoms with Crippen molar-refractivity contribution in [2.24, 2.45) is 0 Å². The molecule has 0 aliphatic rings. The third-order valence-electron chi connectivity index (χ3n) is 7.49. The predicted octanol–water partition coefficient (Wildman–Crippen LogP) is 6.96. The molecule has 0 atom stereocenters. The second-order valence-electron chi connectivity index (χ2n) is 10.8. The third-order valence-corrected chi connectivity index (χ3v) is 9.81. The molecule has 0 saturated heterocycles. The van der Waals surface area contributed by atoms with Crippen LogP contribution in [0.4, 0.5) is 23.2 Å². The van der Waals surface area contributed by atoms with Crippen molar-refractivity contribution in [3.8, 4) is 5.75 Å². The number of hydrogen-bond acceptors (Lipinski definition) is 12. The first-order chi connectivity index (χ1) is 23.7. The molecule has 50 heavy (non-hydrogen) atoms. The highest BCUT2D eigenvalue weighted by molar-refractivity contribution is 7.23. The van der Waals surface area contributed by atoms with Gasteiger partial charge < -0.3 is 28.1 Å². The summed E-state index contributed by atoms with van der Waals surface area (Å²) in [5.41, 5.74) is -3.14. The van der Waals surface area contributed by atoms with Gasteiger partial charge in [0.2, 0.25) is 0 Å². The summed E-state index contributed by atoms with van der Waals surface area (Å²) in [6.07, 6.45) is -4.56. The van der Waals surface area contributed by atoms with Crippen molar-refractivity contribution in [2.75, 3.05) is 31.0 Å². The molecule has 4 aromatic heterocycles. The van der Waals surface area contributed by atoms with Crippen LogP contribution in [0.3, 0.4) is 0 Å². The van der Waals surface area contributed by atoms with Gasteiger partial charge in [-0.1, -0.05) is 12.1 Å².